The first-order chi connectivity index (χ1) is 10.7. The van der Waals surface area contributed by atoms with Gasteiger partial charge in [0.2, 0.25) is 0 Å². The monoisotopic (exact) mass is 297 g/mol. The van der Waals surface area contributed by atoms with Crippen LogP contribution in [0.4, 0.5) is 5.82 Å². The largest absolute Gasteiger partial charge is 0.362 e. The molecule has 0 spiro atoms. The molecule has 2 N–H and O–H groups in total. The van der Waals surface area contributed by atoms with Crippen LogP contribution < -0.4 is 10.9 Å². The standard InChI is InChI=1S/C16H19N5O/c1-9-7-14(22)20-13(18-9)8-17-16-11-3-2-4-12(11)19-15(21-16)10-5-6-10/h7,10H,2-6,8H2,1H3,(H,17,19,21)(H,18,20,22). The molecule has 1 fully saturated rings. The topological polar surface area (TPSA) is 83.6 Å². The van der Waals surface area contributed by atoms with Gasteiger partial charge in [0.1, 0.15) is 17.5 Å². The number of H-pyrrole nitrogens is 1. The van der Waals surface area contributed by atoms with Crippen molar-refractivity contribution in [1.29, 1.82) is 0 Å². The van der Waals surface area contributed by atoms with E-state index in [9.17, 15) is 4.79 Å². The fourth-order valence-electron chi connectivity index (χ4n) is 3.01. The van der Waals surface area contributed by atoms with Crippen LogP contribution in [0.2, 0.25) is 0 Å². The van der Waals surface area contributed by atoms with Crippen molar-refractivity contribution < 1.29 is 0 Å². The third-order valence-electron chi connectivity index (χ3n) is 4.23. The molecule has 1 saturated carbocycles. The molecule has 2 aliphatic rings. The van der Waals surface area contributed by atoms with Crippen molar-refractivity contribution in [2.75, 3.05) is 5.32 Å². The third-order valence-corrected chi connectivity index (χ3v) is 4.23. The van der Waals surface area contributed by atoms with Crippen molar-refractivity contribution >= 4 is 5.82 Å². The number of hydrogen-bond acceptors (Lipinski definition) is 5. The molecule has 0 unspecified atom stereocenters. The first-order valence-corrected chi connectivity index (χ1v) is 7.89. The van der Waals surface area contributed by atoms with Crippen LogP contribution >= 0.6 is 0 Å². The molecule has 0 bridgehead atoms. The number of fused-ring (bicyclic) bond motifs is 1. The lowest BCUT2D eigenvalue weighted by atomic mass is 10.2. The molecule has 4 rings (SSSR count). The van der Waals surface area contributed by atoms with E-state index in [0.29, 0.717) is 18.3 Å². The van der Waals surface area contributed by atoms with Gasteiger partial charge in [-0.15, -0.1) is 0 Å². The van der Waals surface area contributed by atoms with E-state index in [-0.39, 0.29) is 5.56 Å². The lowest BCUT2D eigenvalue weighted by Crippen LogP contribution is -2.15. The summed E-state index contributed by atoms with van der Waals surface area (Å²) < 4.78 is 0. The number of nitrogens with zero attached hydrogens (tertiary/aromatic N) is 3. The number of aromatic amines is 1. The summed E-state index contributed by atoms with van der Waals surface area (Å²) in [6.07, 6.45) is 5.62. The minimum atomic E-state index is -0.115. The summed E-state index contributed by atoms with van der Waals surface area (Å²) in [5.74, 6) is 3.09. The Labute approximate surface area is 128 Å². The van der Waals surface area contributed by atoms with Gasteiger partial charge in [0, 0.05) is 28.9 Å². The highest BCUT2D eigenvalue weighted by Gasteiger charge is 2.29. The molecule has 0 aliphatic heterocycles. The molecule has 2 aliphatic carbocycles. The molecule has 0 atom stereocenters. The van der Waals surface area contributed by atoms with Gasteiger partial charge < -0.3 is 10.3 Å². The van der Waals surface area contributed by atoms with Gasteiger partial charge in [-0.3, -0.25) is 4.79 Å². The van der Waals surface area contributed by atoms with Gasteiger partial charge in [-0.1, -0.05) is 0 Å². The zero-order valence-corrected chi connectivity index (χ0v) is 12.6. The summed E-state index contributed by atoms with van der Waals surface area (Å²) in [7, 11) is 0. The number of anilines is 1. The molecule has 0 saturated heterocycles. The summed E-state index contributed by atoms with van der Waals surface area (Å²) in [4.78, 5) is 28.1. The Morgan fingerprint density at radius 3 is 2.91 bits per heavy atom. The molecule has 6 nitrogen and oxygen atoms in total. The maximum atomic E-state index is 11.5. The highest BCUT2D eigenvalue weighted by molar-refractivity contribution is 5.49. The second-order valence-corrected chi connectivity index (χ2v) is 6.17. The van der Waals surface area contributed by atoms with Crippen molar-refractivity contribution in [3.8, 4) is 0 Å². The molecule has 22 heavy (non-hydrogen) atoms. The predicted octanol–water partition coefficient (Wildman–Crippen LogP) is 1.85. The van der Waals surface area contributed by atoms with Gasteiger partial charge in [-0.2, -0.15) is 0 Å². The zero-order valence-electron chi connectivity index (χ0n) is 12.6. The SMILES string of the molecule is Cc1cc(=O)[nH]c(CNc2nc(C3CC3)nc3c2CCC3)n1. The quantitative estimate of drug-likeness (QED) is 0.899. The molecular formula is C16H19N5O. The van der Waals surface area contributed by atoms with Crippen LogP contribution in [0, 0.1) is 6.92 Å². The second-order valence-electron chi connectivity index (χ2n) is 6.17. The molecule has 0 amide bonds. The van der Waals surface area contributed by atoms with Crippen LogP contribution in [-0.2, 0) is 19.4 Å². The highest BCUT2D eigenvalue weighted by atomic mass is 16.1. The van der Waals surface area contributed by atoms with Crippen molar-refractivity contribution in [1.82, 2.24) is 19.9 Å². The van der Waals surface area contributed by atoms with E-state index in [1.165, 1.54) is 30.2 Å². The fraction of sp³-hybridized carbons (Fsp3) is 0.500. The maximum Gasteiger partial charge on any atom is 0.251 e. The van der Waals surface area contributed by atoms with Crippen LogP contribution in [0.25, 0.3) is 0 Å². The van der Waals surface area contributed by atoms with Crippen LogP contribution in [0.5, 0.6) is 0 Å². The van der Waals surface area contributed by atoms with Crippen LogP contribution in [0.15, 0.2) is 10.9 Å². The number of nitrogens with one attached hydrogen (secondary N) is 2. The summed E-state index contributed by atoms with van der Waals surface area (Å²) >= 11 is 0. The summed E-state index contributed by atoms with van der Waals surface area (Å²) in [6.45, 7) is 2.30. The van der Waals surface area contributed by atoms with E-state index in [0.717, 1.165) is 36.6 Å². The average molecular weight is 297 g/mol. The number of hydrogen-bond donors (Lipinski definition) is 2. The van der Waals surface area contributed by atoms with Gasteiger partial charge >= 0.3 is 0 Å². The maximum absolute atomic E-state index is 11.5. The van der Waals surface area contributed by atoms with Gasteiger partial charge in [-0.25, -0.2) is 15.0 Å². The van der Waals surface area contributed by atoms with Crippen molar-refractivity contribution in [2.24, 2.45) is 0 Å². The first kappa shape index (κ1) is 13.4. The van der Waals surface area contributed by atoms with Crippen molar-refractivity contribution in [3.05, 3.63) is 45.0 Å². The van der Waals surface area contributed by atoms with E-state index in [1.807, 2.05) is 6.92 Å². The molecular weight excluding hydrogens is 278 g/mol. The number of aromatic nitrogens is 4. The Morgan fingerprint density at radius 2 is 2.14 bits per heavy atom. The van der Waals surface area contributed by atoms with E-state index < -0.39 is 0 Å². The third kappa shape index (κ3) is 2.61. The molecule has 6 heteroatoms. The Morgan fingerprint density at radius 1 is 1.27 bits per heavy atom. The molecule has 0 radical (unpaired) electrons. The van der Waals surface area contributed by atoms with Gasteiger partial charge in [0.25, 0.3) is 5.56 Å². The summed E-state index contributed by atoms with van der Waals surface area (Å²) in [5.41, 5.74) is 3.05. The fourth-order valence-corrected chi connectivity index (χ4v) is 3.01. The van der Waals surface area contributed by atoms with E-state index >= 15 is 0 Å². The molecule has 2 heterocycles. The highest BCUT2D eigenvalue weighted by Crippen LogP contribution is 2.40. The van der Waals surface area contributed by atoms with Gasteiger partial charge in [0.15, 0.2) is 0 Å². The van der Waals surface area contributed by atoms with Crippen LogP contribution in [0.3, 0.4) is 0 Å². The average Bonchev–Trinajstić information content (AvgIpc) is 3.22. The van der Waals surface area contributed by atoms with E-state index in [1.54, 1.807) is 0 Å². The lowest BCUT2D eigenvalue weighted by Gasteiger charge is -2.12. The van der Waals surface area contributed by atoms with Crippen molar-refractivity contribution in [2.45, 2.75) is 51.5 Å². The number of rotatable bonds is 4. The second kappa shape index (κ2) is 5.19. The molecule has 2 aromatic heterocycles. The Bertz CT molecular complexity index is 779. The van der Waals surface area contributed by atoms with Gasteiger partial charge in [-0.05, 0) is 39.0 Å². The van der Waals surface area contributed by atoms with E-state index in [4.69, 9.17) is 9.97 Å². The molecule has 114 valence electrons. The lowest BCUT2D eigenvalue weighted by molar-refractivity contribution is 0.862. The predicted molar refractivity (Wildman–Crippen MR) is 83.0 cm³/mol. The Hall–Kier alpha value is -2.24. The van der Waals surface area contributed by atoms with Crippen molar-refractivity contribution in [3.63, 3.8) is 0 Å². The minimum absolute atomic E-state index is 0.115. The summed E-state index contributed by atoms with van der Waals surface area (Å²) in [6, 6.07) is 1.50. The normalized spacial score (nSPS) is 16.6. The number of aryl methyl sites for hydroxylation is 2. The molecule has 0 aromatic carbocycles. The first-order valence-electron chi connectivity index (χ1n) is 7.89. The van der Waals surface area contributed by atoms with Crippen LogP contribution in [0.1, 0.15) is 53.8 Å². The summed E-state index contributed by atoms with van der Waals surface area (Å²) in [5, 5.41) is 3.36. The Kier molecular flexibility index (Phi) is 3.17. The zero-order chi connectivity index (χ0) is 15.1. The Balaban J connectivity index is 1.60. The van der Waals surface area contributed by atoms with Crippen LogP contribution in [-0.4, -0.2) is 19.9 Å². The van der Waals surface area contributed by atoms with Gasteiger partial charge in [0.05, 0.1) is 6.54 Å². The van der Waals surface area contributed by atoms with E-state index in [2.05, 4.69) is 15.3 Å². The minimum Gasteiger partial charge on any atom is -0.362 e. The molecule has 2 aromatic rings. The smallest absolute Gasteiger partial charge is 0.251 e.